The lowest BCUT2D eigenvalue weighted by Gasteiger charge is -2.34. The molecule has 1 aromatic rings. The molecule has 0 aromatic heterocycles. The molecule has 0 unspecified atom stereocenters. The van der Waals surface area contributed by atoms with E-state index in [1.54, 1.807) is 0 Å². The molecule has 0 radical (unpaired) electrons. The summed E-state index contributed by atoms with van der Waals surface area (Å²) in [6, 6.07) is 7.07. The second-order valence-electron chi connectivity index (χ2n) is 5.45. The summed E-state index contributed by atoms with van der Waals surface area (Å²) in [4.78, 5) is 36.8. The van der Waals surface area contributed by atoms with E-state index in [0.29, 0.717) is 0 Å². The average molecular weight is 274 g/mol. The maximum Gasteiger partial charge on any atom is 0.331 e. The van der Waals surface area contributed by atoms with Gasteiger partial charge in [0.2, 0.25) is 11.8 Å². The van der Waals surface area contributed by atoms with E-state index >= 15 is 0 Å². The number of nitrogens with one attached hydrogen (secondary N) is 1. The van der Waals surface area contributed by atoms with E-state index in [9.17, 15) is 14.4 Å². The second-order valence-corrected chi connectivity index (χ2v) is 5.45. The highest BCUT2D eigenvalue weighted by molar-refractivity contribution is 6.18. The number of hydrogen-bond acceptors (Lipinski definition) is 3. The van der Waals surface area contributed by atoms with Crippen molar-refractivity contribution in [2.24, 2.45) is 5.41 Å². The molecule has 20 heavy (non-hydrogen) atoms. The molecule has 0 saturated carbocycles. The number of nitrogens with zero attached hydrogens (tertiary/aromatic N) is 1. The predicted octanol–water partition coefficient (Wildman–Crippen LogP) is 1.85. The highest BCUT2D eigenvalue weighted by Gasteiger charge is 2.46. The van der Waals surface area contributed by atoms with E-state index in [0.717, 1.165) is 16.9 Å². The smallest absolute Gasteiger partial charge is 0.277 e. The van der Waals surface area contributed by atoms with Crippen molar-refractivity contribution in [3.63, 3.8) is 0 Å². The van der Waals surface area contributed by atoms with Crippen LogP contribution in [0.15, 0.2) is 24.3 Å². The van der Waals surface area contributed by atoms with Gasteiger partial charge in [0.15, 0.2) is 0 Å². The number of rotatable bonds is 3. The molecular weight excluding hydrogens is 256 g/mol. The summed E-state index contributed by atoms with van der Waals surface area (Å²) in [5.41, 5.74) is 0.839. The molecule has 1 heterocycles. The lowest BCUT2D eigenvalue weighted by molar-refractivity contribution is -0.149. The molecule has 0 spiro atoms. The Balaban J connectivity index is 2.20. The van der Waals surface area contributed by atoms with E-state index in [4.69, 9.17) is 0 Å². The first kappa shape index (κ1) is 14.2. The van der Waals surface area contributed by atoms with Crippen LogP contribution in [0.4, 0.5) is 4.79 Å². The van der Waals surface area contributed by atoms with E-state index in [2.05, 4.69) is 12.2 Å². The Kier molecular flexibility index (Phi) is 3.61. The number of imide groups is 2. The van der Waals surface area contributed by atoms with Crippen molar-refractivity contribution in [3.8, 4) is 0 Å². The highest BCUT2D eigenvalue weighted by Crippen LogP contribution is 2.24. The summed E-state index contributed by atoms with van der Waals surface area (Å²) >= 11 is 0. The number of aryl methyl sites for hydroxylation is 1. The zero-order valence-corrected chi connectivity index (χ0v) is 11.9. The van der Waals surface area contributed by atoms with Crippen molar-refractivity contribution in [1.82, 2.24) is 10.2 Å². The molecule has 1 aliphatic rings. The molecule has 1 fully saturated rings. The summed E-state index contributed by atoms with van der Waals surface area (Å²) in [6.07, 6.45) is 0.935. The Labute approximate surface area is 118 Å². The van der Waals surface area contributed by atoms with Gasteiger partial charge in [0.05, 0.1) is 6.54 Å². The number of hydrogen-bond donors (Lipinski definition) is 1. The van der Waals surface area contributed by atoms with Crippen molar-refractivity contribution in [2.45, 2.75) is 33.7 Å². The molecule has 5 heteroatoms. The topological polar surface area (TPSA) is 66.5 Å². The van der Waals surface area contributed by atoms with Crippen molar-refractivity contribution < 1.29 is 14.4 Å². The normalized spacial score (nSPS) is 18.1. The van der Waals surface area contributed by atoms with Gasteiger partial charge in [-0.3, -0.25) is 19.8 Å². The molecule has 5 nitrogen and oxygen atoms in total. The van der Waals surface area contributed by atoms with Crippen LogP contribution in [0.1, 0.15) is 31.9 Å². The molecule has 4 amide bonds. The average Bonchev–Trinajstić information content (AvgIpc) is 2.43. The van der Waals surface area contributed by atoms with Crippen LogP contribution in [0.5, 0.6) is 0 Å². The SMILES string of the molecule is CCc1ccc(CN2C(=O)NC(=O)C(C)(C)C2=O)cc1. The molecular formula is C15H18N2O3. The molecule has 1 saturated heterocycles. The summed E-state index contributed by atoms with van der Waals surface area (Å²) in [5, 5.41) is 2.22. The minimum Gasteiger partial charge on any atom is -0.277 e. The maximum atomic E-state index is 12.2. The van der Waals surface area contributed by atoms with Crippen LogP contribution in [-0.2, 0) is 22.6 Å². The minimum absolute atomic E-state index is 0.172. The third-order valence-corrected chi connectivity index (χ3v) is 3.58. The van der Waals surface area contributed by atoms with Crippen LogP contribution in [-0.4, -0.2) is 22.7 Å². The highest BCUT2D eigenvalue weighted by atomic mass is 16.2. The Bertz CT molecular complexity index is 561. The largest absolute Gasteiger partial charge is 0.331 e. The number of barbiturate groups is 1. The molecule has 106 valence electrons. The summed E-state index contributed by atoms with van der Waals surface area (Å²) < 4.78 is 0. The van der Waals surface area contributed by atoms with Gasteiger partial charge < -0.3 is 0 Å². The van der Waals surface area contributed by atoms with Crippen molar-refractivity contribution in [3.05, 3.63) is 35.4 Å². The minimum atomic E-state index is -1.21. The zero-order valence-electron chi connectivity index (χ0n) is 11.9. The van der Waals surface area contributed by atoms with E-state index < -0.39 is 23.3 Å². The Hall–Kier alpha value is -2.17. The first-order valence-corrected chi connectivity index (χ1v) is 6.61. The fourth-order valence-corrected chi connectivity index (χ4v) is 2.05. The number of urea groups is 1. The van der Waals surface area contributed by atoms with Crippen molar-refractivity contribution >= 4 is 17.8 Å². The summed E-state index contributed by atoms with van der Waals surface area (Å²) in [6.45, 7) is 5.27. The van der Waals surface area contributed by atoms with Gasteiger partial charge in [0, 0.05) is 0 Å². The summed E-state index contributed by atoms with van der Waals surface area (Å²) in [5.74, 6) is -1.02. The Morgan fingerprint density at radius 1 is 1.05 bits per heavy atom. The van der Waals surface area contributed by atoms with Crippen molar-refractivity contribution in [2.75, 3.05) is 0 Å². The maximum absolute atomic E-state index is 12.2. The molecule has 1 aliphatic heterocycles. The van der Waals surface area contributed by atoms with Gasteiger partial charge in [-0.15, -0.1) is 0 Å². The first-order chi connectivity index (χ1) is 9.36. The van der Waals surface area contributed by atoms with Crippen LogP contribution in [0.25, 0.3) is 0 Å². The Morgan fingerprint density at radius 2 is 1.60 bits per heavy atom. The number of benzene rings is 1. The Morgan fingerprint density at radius 3 is 2.15 bits per heavy atom. The molecule has 1 N–H and O–H groups in total. The molecule has 0 atom stereocenters. The molecule has 2 rings (SSSR count). The second kappa shape index (κ2) is 5.07. The van der Waals surface area contributed by atoms with Crippen LogP contribution < -0.4 is 5.32 Å². The standard InChI is InChI=1S/C15H18N2O3/c1-4-10-5-7-11(8-6-10)9-17-13(19)15(2,3)12(18)16-14(17)20/h5-8H,4,9H2,1-3H3,(H,16,18,20). The lowest BCUT2D eigenvalue weighted by Crippen LogP contribution is -2.61. The quantitative estimate of drug-likeness (QED) is 0.855. The van der Waals surface area contributed by atoms with E-state index in [1.807, 2.05) is 24.3 Å². The van der Waals surface area contributed by atoms with E-state index in [-0.39, 0.29) is 6.54 Å². The number of amides is 4. The molecule has 0 bridgehead atoms. The van der Waals surface area contributed by atoms with Crippen LogP contribution >= 0.6 is 0 Å². The lowest BCUT2D eigenvalue weighted by atomic mass is 9.88. The fraction of sp³-hybridized carbons (Fsp3) is 0.400. The molecule has 1 aromatic carbocycles. The van der Waals surface area contributed by atoms with Crippen molar-refractivity contribution in [1.29, 1.82) is 0 Å². The van der Waals surface area contributed by atoms with Gasteiger partial charge in [0.25, 0.3) is 0 Å². The third kappa shape index (κ3) is 2.43. The van der Waals surface area contributed by atoms with Gasteiger partial charge in [-0.2, -0.15) is 0 Å². The molecule has 0 aliphatic carbocycles. The fourth-order valence-electron chi connectivity index (χ4n) is 2.05. The van der Waals surface area contributed by atoms with Gasteiger partial charge in [-0.05, 0) is 31.4 Å². The monoisotopic (exact) mass is 274 g/mol. The number of carbonyl (C=O) groups excluding carboxylic acids is 3. The van der Waals surface area contributed by atoms with Gasteiger partial charge in [-0.25, -0.2) is 4.79 Å². The van der Waals surface area contributed by atoms with Gasteiger partial charge in [0.1, 0.15) is 5.41 Å². The van der Waals surface area contributed by atoms with Gasteiger partial charge in [-0.1, -0.05) is 31.2 Å². The third-order valence-electron chi connectivity index (χ3n) is 3.58. The summed E-state index contributed by atoms with van der Waals surface area (Å²) in [7, 11) is 0. The predicted molar refractivity (Wildman–Crippen MR) is 73.7 cm³/mol. The van der Waals surface area contributed by atoms with Crippen LogP contribution in [0, 0.1) is 5.41 Å². The van der Waals surface area contributed by atoms with Gasteiger partial charge >= 0.3 is 6.03 Å². The van der Waals surface area contributed by atoms with Crippen LogP contribution in [0.2, 0.25) is 0 Å². The van der Waals surface area contributed by atoms with E-state index in [1.165, 1.54) is 19.4 Å². The first-order valence-electron chi connectivity index (χ1n) is 6.61. The zero-order chi connectivity index (χ0) is 14.9. The van der Waals surface area contributed by atoms with Crippen LogP contribution in [0.3, 0.4) is 0 Å². The number of carbonyl (C=O) groups is 3.